The van der Waals surface area contributed by atoms with E-state index in [1.54, 1.807) is 18.2 Å². The molecule has 0 aromatic heterocycles. The molecule has 2 N–H and O–H groups in total. The molecule has 0 radical (unpaired) electrons. The normalized spacial score (nSPS) is 32.3. The van der Waals surface area contributed by atoms with E-state index in [2.05, 4.69) is 22.5 Å². The van der Waals surface area contributed by atoms with E-state index in [0.717, 1.165) is 45.1 Å². The zero-order valence-electron chi connectivity index (χ0n) is 16.1. The number of hydrogen-bond acceptors (Lipinski definition) is 2. The summed E-state index contributed by atoms with van der Waals surface area (Å²) in [6.45, 7) is 3.13. The second-order valence-corrected chi connectivity index (χ2v) is 9.38. The van der Waals surface area contributed by atoms with Crippen LogP contribution in [0.25, 0.3) is 0 Å². The van der Waals surface area contributed by atoms with Gasteiger partial charge in [-0.2, -0.15) is 0 Å². The zero-order chi connectivity index (χ0) is 19.9. The predicted octanol–water partition coefficient (Wildman–Crippen LogP) is 5.07. The van der Waals surface area contributed by atoms with Gasteiger partial charge in [0.15, 0.2) is 0 Å². The highest BCUT2D eigenvalue weighted by molar-refractivity contribution is 6.35. The van der Waals surface area contributed by atoms with Crippen molar-refractivity contribution in [2.24, 2.45) is 11.8 Å². The van der Waals surface area contributed by atoms with E-state index in [1.165, 1.54) is 0 Å². The van der Waals surface area contributed by atoms with Crippen LogP contribution >= 0.6 is 23.2 Å². The molecule has 7 heteroatoms. The third-order valence-corrected chi connectivity index (χ3v) is 7.46. The molecule has 0 bridgehead atoms. The molecule has 28 heavy (non-hydrogen) atoms. The fourth-order valence-electron chi connectivity index (χ4n) is 5.85. The SMILES string of the molecule is C[C@H]1[C@@H](NC(=O)Nc2cc(Cl)cc(Cl)c2)CC[C@@]23CCCN2C(=O)CCC[C@@H]13. The second-order valence-electron chi connectivity index (χ2n) is 8.51. The molecule has 1 aromatic rings. The van der Waals surface area contributed by atoms with Gasteiger partial charge in [0.05, 0.1) is 0 Å². The van der Waals surface area contributed by atoms with E-state index >= 15 is 0 Å². The van der Waals surface area contributed by atoms with Crippen molar-refractivity contribution < 1.29 is 9.59 Å². The maximum Gasteiger partial charge on any atom is 0.319 e. The molecular weight excluding hydrogens is 397 g/mol. The number of carbonyl (C=O) groups excluding carboxylic acids is 2. The molecule has 152 valence electrons. The highest BCUT2D eigenvalue weighted by Gasteiger charge is 2.55. The molecule has 2 saturated heterocycles. The van der Waals surface area contributed by atoms with Crippen LogP contribution in [0.3, 0.4) is 0 Å². The lowest BCUT2D eigenvalue weighted by Crippen LogP contribution is -2.60. The number of nitrogens with one attached hydrogen (secondary N) is 2. The number of benzene rings is 1. The summed E-state index contributed by atoms with van der Waals surface area (Å²) in [6, 6.07) is 4.86. The first-order chi connectivity index (χ1) is 13.4. The predicted molar refractivity (Wildman–Crippen MR) is 112 cm³/mol. The van der Waals surface area contributed by atoms with Crippen LogP contribution in [-0.4, -0.2) is 35.0 Å². The smallest absolute Gasteiger partial charge is 0.319 e. The summed E-state index contributed by atoms with van der Waals surface area (Å²) in [6.07, 6.45) is 6.75. The van der Waals surface area contributed by atoms with Crippen molar-refractivity contribution in [1.29, 1.82) is 0 Å². The minimum absolute atomic E-state index is 0.0160. The van der Waals surface area contributed by atoms with Crippen LogP contribution in [0.1, 0.15) is 51.9 Å². The molecule has 3 aliphatic rings. The summed E-state index contributed by atoms with van der Waals surface area (Å²) in [5, 5.41) is 6.97. The average molecular weight is 424 g/mol. The lowest BCUT2D eigenvalue weighted by Gasteiger charge is -2.52. The Bertz CT molecular complexity index is 767. The zero-order valence-corrected chi connectivity index (χ0v) is 17.7. The Balaban J connectivity index is 1.46. The number of hydrogen-bond donors (Lipinski definition) is 2. The van der Waals surface area contributed by atoms with Gasteiger partial charge in [0, 0.05) is 40.3 Å². The van der Waals surface area contributed by atoms with Crippen LogP contribution in [-0.2, 0) is 4.79 Å². The van der Waals surface area contributed by atoms with E-state index in [4.69, 9.17) is 23.2 Å². The van der Waals surface area contributed by atoms with Crippen molar-refractivity contribution in [3.8, 4) is 0 Å². The Kier molecular flexibility index (Phi) is 5.49. The van der Waals surface area contributed by atoms with Crippen molar-refractivity contribution in [2.75, 3.05) is 11.9 Å². The van der Waals surface area contributed by atoms with Crippen LogP contribution in [0.5, 0.6) is 0 Å². The average Bonchev–Trinajstić information content (AvgIpc) is 2.98. The maximum absolute atomic E-state index is 12.6. The largest absolute Gasteiger partial charge is 0.337 e. The van der Waals surface area contributed by atoms with Crippen LogP contribution in [0.2, 0.25) is 10.0 Å². The van der Waals surface area contributed by atoms with Gasteiger partial charge in [0.2, 0.25) is 5.91 Å². The van der Waals surface area contributed by atoms with Crippen molar-refractivity contribution >= 4 is 40.8 Å². The van der Waals surface area contributed by atoms with Gasteiger partial charge in [-0.15, -0.1) is 0 Å². The van der Waals surface area contributed by atoms with E-state index in [9.17, 15) is 9.59 Å². The first-order valence-corrected chi connectivity index (χ1v) is 11.0. The Morgan fingerprint density at radius 2 is 1.89 bits per heavy atom. The first kappa shape index (κ1) is 19.8. The molecule has 1 aromatic carbocycles. The highest BCUT2D eigenvalue weighted by atomic mass is 35.5. The highest BCUT2D eigenvalue weighted by Crippen LogP contribution is 2.51. The lowest BCUT2D eigenvalue weighted by atomic mass is 9.63. The summed E-state index contributed by atoms with van der Waals surface area (Å²) >= 11 is 12.0. The maximum atomic E-state index is 12.6. The number of nitrogens with zero attached hydrogens (tertiary/aromatic N) is 1. The van der Waals surface area contributed by atoms with Gasteiger partial charge >= 0.3 is 6.03 Å². The minimum Gasteiger partial charge on any atom is -0.337 e. The van der Waals surface area contributed by atoms with Crippen LogP contribution < -0.4 is 10.6 Å². The number of anilines is 1. The van der Waals surface area contributed by atoms with Crippen LogP contribution in [0.15, 0.2) is 18.2 Å². The molecule has 1 spiro atoms. The fourth-order valence-corrected chi connectivity index (χ4v) is 6.37. The second kappa shape index (κ2) is 7.75. The lowest BCUT2D eigenvalue weighted by molar-refractivity contribution is -0.138. The molecule has 1 aliphatic carbocycles. The number of amides is 3. The summed E-state index contributed by atoms with van der Waals surface area (Å²) in [7, 11) is 0. The van der Waals surface area contributed by atoms with Gasteiger partial charge in [0.25, 0.3) is 0 Å². The first-order valence-electron chi connectivity index (χ1n) is 10.2. The molecule has 1 saturated carbocycles. The van der Waals surface area contributed by atoms with Crippen molar-refractivity contribution in [2.45, 2.75) is 63.5 Å². The van der Waals surface area contributed by atoms with E-state index in [1.807, 2.05) is 0 Å². The van der Waals surface area contributed by atoms with Crippen molar-refractivity contribution in [3.63, 3.8) is 0 Å². The van der Waals surface area contributed by atoms with Crippen molar-refractivity contribution in [3.05, 3.63) is 28.2 Å². The van der Waals surface area contributed by atoms with E-state index in [0.29, 0.717) is 39.9 Å². The number of carbonyl (C=O) groups is 2. The van der Waals surface area contributed by atoms with Gasteiger partial charge < -0.3 is 15.5 Å². The Labute approximate surface area is 176 Å². The van der Waals surface area contributed by atoms with Crippen molar-refractivity contribution in [1.82, 2.24) is 10.2 Å². The Morgan fingerprint density at radius 1 is 1.14 bits per heavy atom. The Hall–Kier alpha value is -1.46. The topological polar surface area (TPSA) is 61.4 Å². The van der Waals surface area contributed by atoms with E-state index < -0.39 is 0 Å². The van der Waals surface area contributed by atoms with E-state index in [-0.39, 0.29) is 17.6 Å². The summed E-state index contributed by atoms with van der Waals surface area (Å²) in [5.74, 6) is 1.10. The third kappa shape index (κ3) is 3.59. The quantitative estimate of drug-likeness (QED) is 0.696. The van der Waals surface area contributed by atoms with Gasteiger partial charge in [-0.05, 0) is 68.6 Å². The molecule has 0 unspecified atom stereocenters. The molecule has 4 rings (SSSR count). The minimum atomic E-state index is -0.237. The summed E-state index contributed by atoms with van der Waals surface area (Å²) in [4.78, 5) is 27.4. The molecular formula is C21H27Cl2N3O2. The number of rotatable bonds is 2. The van der Waals surface area contributed by atoms with Gasteiger partial charge in [-0.25, -0.2) is 4.79 Å². The third-order valence-electron chi connectivity index (χ3n) is 7.02. The van der Waals surface area contributed by atoms with Crippen LogP contribution in [0, 0.1) is 11.8 Å². The molecule has 3 amide bonds. The van der Waals surface area contributed by atoms with Crippen LogP contribution in [0.4, 0.5) is 10.5 Å². The molecule has 2 aliphatic heterocycles. The Morgan fingerprint density at radius 3 is 2.64 bits per heavy atom. The molecule has 2 heterocycles. The monoisotopic (exact) mass is 423 g/mol. The summed E-state index contributed by atoms with van der Waals surface area (Å²) in [5.41, 5.74) is 0.597. The molecule has 4 atom stereocenters. The number of urea groups is 1. The molecule has 5 nitrogen and oxygen atoms in total. The standard InChI is InChI=1S/C21H27Cl2N3O2/c1-13-17-4-2-5-19(27)26-9-3-7-21(17,26)8-6-18(13)25-20(28)24-16-11-14(22)10-15(23)12-16/h10-13,17-18H,2-9H2,1H3,(H2,24,25,28)/t13-,17+,18+,21-/m1/s1. The number of halogens is 2. The van der Waals surface area contributed by atoms with Gasteiger partial charge in [-0.1, -0.05) is 30.1 Å². The van der Waals surface area contributed by atoms with Gasteiger partial charge in [0.1, 0.15) is 0 Å². The fraction of sp³-hybridized carbons (Fsp3) is 0.619. The summed E-state index contributed by atoms with van der Waals surface area (Å²) < 4.78 is 0. The molecule has 3 fully saturated rings. The van der Waals surface area contributed by atoms with Gasteiger partial charge in [-0.3, -0.25) is 4.79 Å².